The lowest BCUT2D eigenvalue weighted by Gasteiger charge is -2.38. The first-order valence-corrected chi connectivity index (χ1v) is 14.4. The highest BCUT2D eigenvalue weighted by Crippen LogP contribution is 2.29. The number of aliphatic hydroxyl groups is 3. The van der Waals surface area contributed by atoms with Crippen LogP contribution in [0, 0.1) is 0 Å². The summed E-state index contributed by atoms with van der Waals surface area (Å²) in [5.74, 6) is -2.14. The van der Waals surface area contributed by atoms with Crippen LogP contribution in [0.2, 0.25) is 0 Å². The summed E-state index contributed by atoms with van der Waals surface area (Å²) in [6.45, 7) is 0.578. The van der Waals surface area contributed by atoms with Gasteiger partial charge in [-0.2, -0.15) is 0 Å². The number of imide groups is 1. The number of rotatable bonds is 16. The minimum Gasteiger partial charge on any atom is -0.479 e. The number of unbranched alkanes of at least 4 members (excludes halogenated alkanes) is 3. The summed E-state index contributed by atoms with van der Waals surface area (Å²) in [4.78, 5) is 59.4. The van der Waals surface area contributed by atoms with Gasteiger partial charge in [0, 0.05) is 44.3 Å². The molecule has 2 aliphatic heterocycles. The van der Waals surface area contributed by atoms with Crippen molar-refractivity contribution in [3.05, 3.63) is 41.5 Å². The standard InChI is InChI=1S/C29H39N3O12/c1-30-29(41)42-16-18-10-9-17(15-19(18)43-28-25(38)23(36)24(37)26(44-28)27(39)40)7-4-5-13-31-20(33)8-3-2-6-14-32-21(34)11-12-22(32)35/h9-12,15,23-26,28,36-38H,2-8,13-14,16H2,1H3,(H,30,41)(H,31,33)(H,39,40)/t23-,24-,25+,26-,28+/m0/s1. The van der Waals surface area contributed by atoms with E-state index in [1.54, 1.807) is 18.2 Å². The van der Waals surface area contributed by atoms with Gasteiger partial charge in [-0.3, -0.25) is 19.3 Å². The van der Waals surface area contributed by atoms with Crippen molar-refractivity contribution in [2.75, 3.05) is 20.1 Å². The van der Waals surface area contributed by atoms with Crippen LogP contribution in [0.15, 0.2) is 30.4 Å². The highest BCUT2D eigenvalue weighted by Gasteiger charge is 2.48. The fourth-order valence-electron chi connectivity index (χ4n) is 4.63. The van der Waals surface area contributed by atoms with E-state index in [2.05, 4.69) is 10.6 Å². The first-order valence-electron chi connectivity index (χ1n) is 14.4. The number of amides is 4. The zero-order chi connectivity index (χ0) is 32.2. The minimum absolute atomic E-state index is 0.0887. The molecule has 0 aliphatic carbocycles. The third kappa shape index (κ3) is 9.74. The Morgan fingerprint density at radius 3 is 2.36 bits per heavy atom. The molecule has 2 aliphatic rings. The Labute approximate surface area is 253 Å². The molecule has 15 nitrogen and oxygen atoms in total. The SMILES string of the molecule is CNC(=O)OCc1ccc(CCCCNC(=O)CCCCCN2C(=O)C=CC2=O)cc1O[C@@H]1O[C@H](C(=O)O)[C@@H](O)[C@H](O)[C@H]1O. The van der Waals surface area contributed by atoms with Gasteiger partial charge < -0.3 is 45.3 Å². The van der Waals surface area contributed by atoms with Crippen molar-refractivity contribution in [1.82, 2.24) is 15.5 Å². The number of alkyl carbamates (subject to hydrolysis) is 1. The summed E-state index contributed by atoms with van der Waals surface area (Å²) in [5.41, 5.74) is 1.17. The molecule has 242 valence electrons. The maximum absolute atomic E-state index is 12.1. The van der Waals surface area contributed by atoms with Crippen LogP contribution in [-0.4, -0.2) is 106 Å². The Balaban J connectivity index is 1.46. The van der Waals surface area contributed by atoms with E-state index in [1.165, 1.54) is 24.1 Å². The summed E-state index contributed by atoms with van der Waals surface area (Å²) in [6.07, 6.45) is -2.94. The maximum atomic E-state index is 12.1. The molecule has 0 bridgehead atoms. The van der Waals surface area contributed by atoms with E-state index in [4.69, 9.17) is 14.2 Å². The highest BCUT2D eigenvalue weighted by molar-refractivity contribution is 6.12. The van der Waals surface area contributed by atoms with E-state index in [9.17, 15) is 44.4 Å². The largest absolute Gasteiger partial charge is 0.479 e. The lowest BCUT2D eigenvalue weighted by Crippen LogP contribution is -2.61. The molecule has 0 radical (unpaired) electrons. The predicted octanol–water partition coefficient (Wildman–Crippen LogP) is -0.262. The van der Waals surface area contributed by atoms with Crippen molar-refractivity contribution in [3.63, 3.8) is 0 Å². The van der Waals surface area contributed by atoms with Gasteiger partial charge in [0.2, 0.25) is 12.2 Å². The Kier molecular flexibility index (Phi) is 13.1. The fraction of sp³-hybridized carbons (Fsp3) is 0.552. The van der Waals surface area contributed by atoms with Crippen LogP contribution in [0.5, 0.6) is 5.75 Å². The van der Waals surface area contributed by atoms with Crippen molar-refractivity contribution in [2.24, 2.45) is 0 Å². The molecule has 0 spiro atoms. The van der Waals surface area contributed by atoms with Gasteiger partial charge in [-0.1, -0.05) is 18.6 Å². The molecule has 4 amide bonds. The number of carbonyl (C=O) groups is 5. The second-order valence-electron chi connectivity index (χ2n) is 10.4. The number of hydrogen-bond donors (Lipinski definition) is 6. The van der Waals surface area contributed by atoms with Gasteiger partial charge in [-0.05, 0) is 43.7 Å². The average Bonchev–Trinajstić information content (AvgIpc) is 3.32. The highest BCUT2D eigenvalue weighted by atomic mass is 16.7. The molecule has 3 rings (SSSR count). The number of benzene rings is 1. The molecule has 1 aromatic rings. The second-order valence-corrected chi connectivity index (χ2v) is 10.4. The average molecular weight is 622 g/mol. The summed E-state index contributed by atoms with van der Waals surface area (Å²) < 4.78 is 16.1. The van der Waals surface area contributed by atoms with Gasteiger partial charge in [-0.15, -0.1) is 0 Å². The van der Waals surface area contributed by atoms with Gasteiger partial charge in [0.05, 0.1) is 0 Å². The lowest BCUT2D eigenvalue weighted by molar-refractivity contribution is -0.271. The van der Waals surface area contributed by atoms with E-state index in [1.807, 2.05) is 0 Å². The first-order chi connectivity index (χ1) is 21.0. The third-order valence-electron chi connectivity index (χ3n) is 7.15. The van der Waals surface area contributed by atoms with Crippen LogP contribution >= 0.6 is 0 Å². The number of carbonyl (C=O) groups excluding carboxylic acids is 4. The van der Waals surface area contributed by atoms with Crippen molar-refractivity contribution in [1.29, 1.82) is 0 Å². The van der Waals surface area contributed by atoms with E-state index in [0.717, 1.165) is 5.56 Å². The Morgan fingerprint density at radius 2 is 1.68 bits per heavy atom. The summed E-state index contributed by atoms with van der Waals surface area (Å²) in [5, 5.41) is 44.9. The third-order valence-corrected chi connectivity index (χ3v) is 7.15. The number of aliphatic carboxylic acids is 1. The summed E-state index contributed by atoms with van der Waals surface area (Å²) in [6, 6.07) is 5.03. The Hall–Kier alpha value is -4.05. The van der Waals surface area contributed by atoms with Crippen LogP contribution in [0.4, 0.5) is 4.79 Å². The number of aliphatic hydroxyl groups excluding tert-OH is 3. The number of ether oxygens (including phenoxy) is 3. The molecule has 0 saturated carbocycles. The monoisotopic (exact) mass is 621 g/mol. The smallest absolute Gasteiger partial charge is 0.407 e. The van der Waals surface area contributed by atoms with Crippen molar-refractivity contribution < 1.29 is 58.6 Å². The van der Waals surface area contributed by atoms with E-state index < -0.39 is 42.8 Å². The van der Waals surface area contributed by atoms with Crippen LogP contribution in [0.3, 0.4) is 0 Å². The molecule has 6 N–H and O–H groups in total. The van der Waals surface area contributed by atoms with Crippen LogP contribution < -0.4 is 15.4 Å². The van der Waals surface area contributed by atoms with Crippen molar-refractivity contribution >= 4 is 29.8 Å². The minimum atomic E-state index is -1.87. The first kappa shape index (κ1) is 34.4. The Morgan fingerprint density at radius 1 is 0.955 bits per heavy atom. The summed E-state index contributed by atoms with van der Waals surface area (Å²) in [7, 11) is 1.39. The molecule has 0 aromatic heterocycles. The van der Waals surface area contributed by atoms with Crippen molar-refractivity contribution in [2.45, 2.75) is 82.3 Å². The second kappa shape index (κ2) is 16.7. The number of hydrogen-bond acceptors (Lipinski definition) is 11. The number of aryl methyl sites for hydroxylation is 1. The topological polar surface area (TPSA) is 221 Å². The molecule has 0 unspecified atom stereocenters. The molecule has 1 saturated heterocycles. The van der Waals surface area contributed by atoms with E-state index in [0.29, 0.717) is 63.6 Å². The van der Waals surface area contributed by atoms with Crippen molar-refractivity contribution in [3.8, 4) is 5.75 Å². The van der Waals surface area contributed by atoms with Crippen LogP contribution in [0.1, 0.15) is 49.7 Å². The van der Waals surface area contributed by atoms with Crippen LogP contribution in [-0.2, 0) is 41.7 Å². The molecule has 15 heteroatoms. The molecular formula is C29H39N3O12. The van der Waals surface area contributed by atoms with E-state index >= 15 is 0 Å². The molecule has 2 heterocycles. The maximum Gasteiger partial charge on any atom is 0.407 e. The number of carboxylic acid groups (broad SMARTS) is 1. The van der Waals surface area contributed by atoms with Gasteiger partial charge in [0.15, 0.2) is 6.10 Å². The van der Waals surface area contributed by atoms with E-state index in [-0.39, 0.29) is 30.1 Å². The van der Waals surface area contributed by atoms with Gasteiger partial charge in [0.1, 0.15) is 30.7 Å². The van der Waals surface area contributed by atoms with Crippen LogP contribution in [0.25, 0.3) is 0 Å². The fourth-order valence-corrected chi connectivity index (χ4v) is 4.63. The number of carboxylic acids is 1. The van der Waals surface area contributed by atoms with Gasteiger partial charge in [-0.25, -0.2) is 9.59 Å². The molecule has 1 aromatic carbocycles. The zero-order valence-corrected chi connectivity index (χ0v) is 24.3. The normalized spacial score (nSPS) is 23.0. The molecule has 5 atom stereocenters. The van der Waals surface area contributed by atoms with Gasteiger partial charge >= 0.3 is 12.1 Å². The van der Waals surface area contributed by atoms with Gasteiger partial charge in [0.25, 0.3) is 11.8 Å². The molecule has 44 heavy (non-hydrogen) atoms. The number of nitrogens with one attached hydrogen (secondary N) is 2. The Bertz CT molecular complexity index is 1200. The molecular weight excluding hydrogens is 582 g/mol. The zero-order valence-electron chi connectivity index (χ0n) is 24.3. The summed E-state index contributed by atoms with van der Waals surface area (Å²) >= 11 is 0. The quantitative estimate of drug-likeness (QED) is 0.104. The lowest BCUT2D eigenvalue weighted by atomic mass is 9.99. The number of nitrogens with zero attached hydrogens (tertiary/aromatic N) is 1. The molecule has 1 fully saturated rings. The predicted molar refractivity (Wildman–Crippen MR) is 151 cm³/mol.